The normalized spacial score (nSPS) is 13.5. The van der Waals surface area contributed by atoms with Gasteiger partial charge in [0.1, 0.15) is 5.60 Å². The van der Waals surface area contributed by atoms with Crippen LogP contribution in [-0.2, 0) is 16.0 Å². The summed E-state index contributed by atoms with van der Waals surface area (Å²) < 4.78 is 5.19. The number of nitrogens with one attached hydrogen (secondary N) is 1. The summed E-state index contributed by atoms with van der Waals surface area (Å²) in [5.74, 6) is -1.07. The molecule has 0 atom stereocenters. The highest BCUT2D eigenvalue weighted by atomic mass is 16.6. The zero-order chi connectivity index (χ0) is 19.6. The summed E-state index contributed by atoms with van der Waals surface area (Å²) in [6.07, 6.45) is 0.0458. The highest BCUT2D eigenvalue weighted by Gasteiger charge is 2.36. The molecule has 6 heteroatoms. The molecule has 1 aliphatic heterocycles. The highest BCUT2D eigenvalue weighted by molar-refractivity contribution is 6.53. The monoisotopic (exact) mass is 366 g/mol. The van der Waals surface area contributed by atoms with E-state index < -0.39 is 23.4 Å². The van der Waals surface area contributed by atoms with Crippen LogP contribution in [0.3, 0.4) is 0 Å². The van der Waals surface area contributed by atoms with Crippen molar-refractivity contribution in [2.75, 3.05) is 11.4 Å². The van der Waals surface area contributed by atoms with E-state index in [9.17, 15) is 14.4 Å². The van der Waals surface area contributed by atoms with E-state index in [1.54, 1.807) is 45.0 Å². The van der Waals surface area contributed by atoms with Gasteiger partial charge in [-0.25, -0.2) is 4.79 Å². The largest absolute Gasteiger partial charge is 0.444 e. The van der Waals surface area contributed by atoms with Crippen molar-refractivity contribution in [3.8, 4) is 0 Å². The van der Waals surface area contributed by atoms with Crippen LogP contribution in [0.1, 0.15) is 36.7 Å². The molecule has 0 spiro atoms. The molecule has 0 aromatic heterocycles. The highest BCUT2D eigenvalue weighted by Crippen LogP contribution is 2.35. The lowest BCUT2D eigenvalue weighted by Gasteiger charge is -2.19. The summed E-state index contributed by atoms with van der Waals surface area (Å²) in [7, 11) is 0. The Kier molecular flexibility index (Phi) is 4.99. The molecular formula is C21H22N2O4. The van der Waals surface area contributed by atoms with E-state index >= 15 is 0 Å². The summed E-state index contributed by atoms with van der Waals surface area (Å²) in [4.78, 5) is 37.9. The summed E-state index contributed by atoms with van der Waals surface area (Å²) in [5, 5.41) is 2.69. The number of Topliss-reactive ketones (excluding diaryl/α,β-unsaturated/α-hetero) is 1. The molecule has 2 aromatic carbocycles. The number of anilines is 2. The molecule has 0 saturated heterocycles. The Morgan fingerprint density at radius 2 is 1.78 bits per heavy atom. The van der Waals surface area contributed by atoms with Crippen LogP contribution < -0.4 is 10.2 Å². The Balaban J connectivity index is 1.71. The lowest BCUT2D eigenvalue weighted by Crippen LogP contribution is -2.33. The van der Waals surface area contributed by atoms with Gasteiger partial charge in [0.25, 0.3) is 5.78 Å². The minimum atomic E-state index is -0.555. The van der Waals surface area contributed by atoms with Crippen molar-refractivity contribution < 1.29 is 19.1 Å². The molecule has 6 nitrogen and oxygen atoms in total. The van der Waals surface area contributed by atoms with Crippen LogP contribution >= 0.6 is 0 Å². The molecule has 0 fully saturated rings. The molecule has 27 heavy (non-hydrogen) atoms. The number of carbonyl (C=O) groups is 3. The lowest BCUT2D eigenvalue weighted by atomic mass is 10.1. The molecule has 0 bridgehead atoms. The van der Waals surface area contributed by atoms with Gasteiger partial charge in [0.2, 0.25) is 0 Å². The van der Waals surface area contributed by atoms with Gasteiger partial charge in [0.15, 0.2) is 0 Å². The first-order chi connectivity index (χ1) is 12.8. The van der Waals surface area contributed by atoms with Crippen molar-refractivity contribution in [3.63, 3.8) is 0 Å². The van der Waals surface area contributed by atoms with E-state index in [1.807, 2.05) is 24.3 Å². The number of ether oxygens (including phenoxy) is 1. The maximum Gasteiger partial charge on any atom is 0.407 e. The second-order valence-corrected chi connectivity index (χ2v) is 7.34. The number of alkyl carbamates (subject to hydrolysis) is 1. The molecule has 0 unspecified atom stereocenters. The Hall–Kier alpha value is -3.15. The lowest BCUT2D eigenvalue weighted by molar-refractivity contribution is -0.113. The van der Waals surface area contributed by atoms with Crippen molar-refractivity contribution in [2.24, 2.45) is 0 Å². The van der Waals surface area contributed by atoms with Gasteiger partial charge in [0, 0.05) is 12.2 Å². The van der Waals surface area contributed by atoms with Crippen LogP contribution in [0.2, 0.25) is 0 Å². The van der Waals surface area contributed by atoms with Crippen molar-refractivity contribution in [1.29, 1.82) is 0 Å². The van der Waals surface area contributed by atoms with Crippen molar-refractivity contribution in [1.82, 2.24) is 5.32 Å². The topological polar surface area (TPSA) is 75.7 Å². The Morgan fingerprint density at radius 1 is 1.07 bits per heavy atom. The van der Waals surface area contributed by atoms with Crippen LogP contribution in [0.5, 0.6) is 0 Å². The molecule has 2 amide bonds. The average molecular weight is 366 g/mol. The maximum absolute atomic E-state index is 12.4. The molecule has 1 aliphatic rings. The quantitative estimate of drug-likeness (QED) is 0.839. The molecule has 0 radical (unpaired) electrons. The van der Waals surface area contributed by atoms with Crippen molar-refractivity contribution in [2.45, 2.75) is 32.8 Å². The average Bonchev–Trinajstić information content (AvgIpc) is 2.85. The van der Waals surface area contributed by atoms with Crippen molar-refractivity contribution in [3.05, 3.63) is 59.7 Å². The van der Waals surface area contributed by atoms with Crippen molar-refractivity contribution >= 4 is 29.2 Å². The molecule has 0 aliphatic carbocycles. The SMILES string of the molecule is CC(C)(C)OC(=O)NCCc1ccc2c(c1)C(=O)C(=O)N2c1ccccc1. The summed E-state index contributed by atoms with van der Waals surface area (Å²) >= 11 is 0. The molecular weight excluding hydrogens is 344 g/mol. The number of fused-ring (bicyclic) bond motifs is 1. The van der Waals surface area contributed by atoms with Gasteiger partial charge >= 0.3 is 12.0 Å². The summed E-state index contributed by atoms with van der Waals surface area (Å²) in [6, 6.07) is 14.4. The van der Waals surface area contributed by atoms with Crippen LogP contribution in [0.15, 0.2) is 48.5 Å². The molecule has 0 saturated carbocycles. The zero-order valence-corrected chi connectivity index (χ0v) is 15.6. The fourth-order valence-electron chi connectivity index (χ4n) is 2.90. The third-order valence-electron chi connectivity index (χ3n) is 4.04. The number of hydrogen-bond donors (Lipinski definition) is 1. The maximum atomic E-state index is 12.4. The number of benzene rings is 2. The van der Waals surface area contributed by atoms with Crippen LogP contribution in [-0.4, -0.2) is 29.9 Å². The predicted molar refractivity (Wildman–Crippen MR) is 102 cm³/mol. The van der Waals surface area contributed by atoms with Gasteiger partial charge in [-0.15, -0.1) is 0 Å². The van der Waals surface area contributed by atoms with E-state index in [0.29, 0.717) is 29.9 Å². The fourth-order valence-corrected chi connectivity index (χ4v) is 2.90. The fraction of sp³-hybridized carbons (Fsp3) is 0.286. The molecule has 2 aromatic rings. The van der Waals surface area contributed by atoms with Gasteiger partial charge in [-0.2, -0.15) is 0 Å². The first-order valence-corrected chi connectivity index (χ1v) is 8.80. The Labute approximate surface area is 158 Å². The molecule has 1 N–H and O–H groups in total. The zero-order valence-electron chi connectivity index (χ0n) is 15.6. The third-order valence-corrected chi connectivity index (χ3v) is 4.04. The van der Waals surface area contributed by atoms with Gasteiger partial charge in [0.05, 0.1) is 11.3 Å². The number of carbonyl (C=O) groups excluding carboxylic acids is 3. The minimum absolute atomic E-state index is 0.373. The Bertz CT molecular complexity index is 885. The molecule has 140 valence electrons. The number of nitrogens with zero attached hydrogens (tertiary/aromatic N) is 1. The van der Waals surface area contributed by atoms with E-state index in [-0.39, 0.29) is 0 Å². The van der Waals surface area contributed by atoms with E-state index in [4.69, 9.17) is 4.74 Å². The second-order valence-electron chi connectivity index (χ2n) is 7.34. The second kappa shape index (κ2) is 7.23. The molecule has 1 heterocycles. The summed E-state index contributed by atoms with van der Waals surface area (Å²) in [6.45, 7) is 5.77. The standard InChI is InChI=1S/C21H22N2O4/c1-21(2,3)27-20(26)22-12-11-14-9-10-17-16(13-14)18(24)19(25)23(17)15-7-5-4-6-8-15/h4-10,13H,11-12H2,1-3H3,(H,22,26). The number of hydrogen-bond acceptors (Lipinski definition) is 4. The van der Waals surface area contributed by atoms with Gasteiger partial charge in [-0.05, 0) is 57.0 Å². The first-order valence-electron chi connectivity index (χ1n) is 8.80. The first kappa shape index (κ1) is 18.6. The van der Waals surface area contributed by atoms with Gasteiger partial charge < -0.3 is 10.1 Å². The van der Waals surface area contributed by atoms with E-state index in [1.165, 1.54) is 4.90 Å². The third kappa shape index (κ3) is 4.16. The molecule has 3 rings (SSSR count). The number of para-hydroxylation sites is 1. The number of ketones is 1. The smallest absolute Gasteiger partial charge is 0.407 e. The van der Waals surface area contributed by atoms with Gasteiger partial charge in [-0.3, -0.25) is 14.5 Å². The van der Waals surface area contributed by atoms with Crippen LogP contribution in [0, 0.1) is 0 Å². The summed E-state index contributed by atoms with van der Waals surface area (Å²) in [5.41, 5.74) is 1.94. The minimum Gasteiger partial charge on any atom is -0.444 e. The number of amides is 2. The van der Waals surface area contributed by atoms with E-state index in [0.717, 1.165) is 5.56 Å². The van der Waals surface area contributed by atoms with Crippen LogP contribution in [0.4, 0.5) is 16.2 Å². The van der Waals surface area contributed by atoms with Gasteiger partial charge in [-0.1, -0.05) is 24.3 Å². The van der Waals surface area contributed by atoms with E-state index in [2.05, 4.69) is 5.32 Å². The number of rotatable bonds is 4. The van der Waals surface area contributed by atoms with Crippen LogP contribution in [0.25, 0.3) is 0 Å². The Morgan fingerprint density at radius 3 is 2.44 bits per heavy atom. The predicted octanol–water partition coefficient (Wildman–Crippen LogP) is 3.61.